The number of rotatable bonds is 0. The molecule has 0 aromatic heterocycles. The summed E-state index contributed by atoms with van der Waals surface area (Å²) in [5, 5.41) is 0. The zero-order chi connectivity index (χ0) is 8.81. The Morgan fingerprint density at radius 2 is 2.33 bits per heavy atom. The molecule has 0 saturated carbocycles. The third kappa shape index (κ3) is 2.94. The SMILES string of the molecule is C=C1C/C=C\CCC(=C=CC)C1. The lowest BCUT2D eigenvalue weighted by Gasteiger charge is -2.07. The van der Waals surface area contributed by atoms with Gasteiger partial charge in [-0.1, -0.05) is 24.3 Å². The van der Waals surface area contributed by atoms with Crippen molar-refractivity contribution in [2.45, 2.75) is 32.6 Å². The van der Waals surface area contributed by atoms with Gasteiger partial charge in [-0.3, -0.25) is 0 Å². The first-order valence-corrected chi connectivity index (χ1v) is 4.53. The van der Waals surface area contributed by atoms with Crippen molar-refractivity contribution in [3.8, 4) is 0 Å². The van der Waals surface area contributed by atoms with Gasteiger partial charge in [0, 0.05) is 0 Å². The first-order chi connectivity index (χ1) is 5.83. The van der Waals surface area contributed by atoms with E-state index in [9.17, 15) is 0 Å². The number of hydrogen-bond donors (Lipinski definition) is 0. The van der Waals surface area contributed by atoms with E-state index in [0.29, 0.717) is 0 Å². The zero-order valence-electron chi connectivity index (χ0n) is 7.77. The minimum Gasteiger partial charge on any atom is -0.126 e. The quantitative estimate of drug-likeness (QED) is 0.374. The molecule has 1 aliphatic carbocycles. The molecular formula is C12H16. The molecular weight excluding hydrogens is 144 g/mol. The van der Waals surface area contributed by atoms with Gasteiger partial charge in [-0.2, -0.15) is 0 Å². The Bertz CT molecular complexity index is 247. The van der Waals surface area contributed by atoms with E-state index in [-0.39, 0.29) is 0 Å². The Labute approximate surface area is 75.0 Å². The smallest absolute Gasteiger partial charge is 0.00318 e. The van der Waals surface area contributed by atoms with E-state index in [0.717, 1.165) is 25.7 Å². The van der Waals surface area contributed by atoms with Gasteiger partial charge in [0.25, 0.3) is 0 Å². The summed E-state index contributed by atoms with van der Waals surface area (Å²) in [5.41, 5.74) is 5.98. The molecule has 0 N–H and O–H groups in total. The van der Waals surface area contributed by atoms with Crippen LogP contribution in [0.15, 0.2) is 41.7 Å². The Hall–Kier alpha value is -1.00. The summed E-state index contributed by atoms with van der Waals surface area (Å²) < 4.78 is 0. The molecule has 0 nitrogen and oxygen atoms in total. The van der Waals surface area contributed by atoms with E-state index in [2.05, 4.69) is 24.5 Å². The normalized spacial score (nSPS) is 20.8. The summed E-state index contributed by atoms with van der Waals surface area (Å²) in [6.45, 7) is 6.04. The van der Waals surface area contributed by atoms with E-state index < -0.39 is 0 Å². The minimum atomic E-state index is 1.04. The highest BCUT2D eigenvalue weighted by Gasteiger charge is 2.01. The van der Waals surface area contributed by atoms with Crippen molar-refractivity contribution >= 4 is 0 Å². The summed E-state index contributed by atoms with van der Waals surface area (Å²) in [4.78, 5) is 0. The van der Waals surface area contributed by atoms with Gasteiger partial charge in [0.1, 0.15) is 0 Å². The number of hydrogen-bond acceptors (Lipinski definition) is 0. The van der Waals surface area contributed by atoms with Gasteiger partial charge in [0.15, 0.2) is 0 Å². The second kappa shape index (κ2) is 4.79. The minimum absolute atomic E-state index is 1.04. The van der Waals surface area contributed by atoms with Crippen LogP contribution < -0.4 is 0 Å². The van der Waals surface area contributed by atoms with Crippen LogP contribution in [0.4, 0.5) is 0 Å². The second-order valence-corrected chi connectivity index (χ2v) is 3.18. The van der Waals surface area contributed by atoms with Crippen molar-refractivity contribution in [2.75, 3.05) is 0 Å². The van der Waals surface area contributed by atoms with Crippen LogP contribution in [-0.2, 0) is 0 Å². The fraction of sp³-hybridized carbons (Fsp3) is 0.417. The second-order valence-electron chi connectivity index (χ2n) is 3.18. The maximum atomic E-state index is 4.02. The van der Waals surface area contributed by atoms with Gasteiger partial charge in [0.05, 0.1) is 0 Å². The molecule has 0 aromatic rings. The van der Waals surface area contributed by atoms with Crippen LogP contribution in [0.25, 0.3) is 0 Å². The van der Waals surface area contributed by atoms with Gasteiger partial charge in [-0.15, -0.1) is 5.73 Å². The van der Waals surface area contributed by atoms with Crippen molar-refractivity contribution in [3.63, 3.8) is 0 Å². The average Bonchev–Trinajstić information content (AvgIpc) is 2.00. The van der Waals surface area contributed by atoms with Crippen LogP contribution in [0.2, 0.25) is 0 Å². The van der Waals surface area contributed by atoms with E-state index >= 15 is 0 Å². The Kier molecular flexibility index (Phi) is 3.63. The summed E-state index contributed by atoms with van der Waals surface area (Å²) in [6.07, 6.45) is 10.8. The van der Waals surface area contributed by atoms with Gasteiger partial charge in [0.2, 0.25) is 0 Å². The highest BCUT2D eigenvalue weighted by Crippen LogP contribution is 2.19. The third-order valence-electron chi connectivity index (χ3n) is 2.00. The maximum absolute atomic E-state index is 4.02. The molecule has 64 valence electrons. The molecule has 0 radical (unpaired) electrons. The fourth-order valence-electron chi connectivity index (χ4n) is 1.42. The zero-order valence-corrected chi connectivity index (χ0v) is 7.77. The summed E-state index contributed by atoms with van der Waals surface area (Å²) in [5.74, 6) is 0. The Balaban J connectivity index is 2.73. The Morgan fingerprint density at radius 3 is 3.08 bits per heavy atom. The number of allylic oxidation sites excluding steroid dienone is 4. The monoisotopic (exact) mass is 160 g/mol. The molecule has 0 heterocycles. The van der Waals surface area contributed by atoms with Gasteiger partial charge >= 0.3 is 0 Å². The predicted octanol–water partition coefficient (Wildman–Crippen LogP) is 3.77. The van der Waals surface area contributed by atoms with Gasteiger partial charge < -0.3 is 0 Å². The summed E-state index contributed by atoms with van der Waals surface area (Å²) in [6, 6.07) is 0. The van der Waals surface area contributed by atoms with E-state index in [1.165, 1.54) is 11.1 Å². The fourth-order valence-corrected chi connectivity index (χ4v) is 1.42. The molecule has 0 aromatic carbocycles. The molecule has 1 aliphatic rings. The van der Waals surface area contributed by atoms with Crippen LogP contribution in [-0.4, -0.2) is 0 Å². The van der Waals surface area contributed by atoms with Crippen molar-refractivity contribution in [2.24, 2.45) is 0 Å². The predicted molar refractivity (Wildman–Crippen MR) is 54.0 cm³/mol. The van der Waals surface area contributed by atoms with Crippen LogP contribution in [0.5, 0.6) is 0 Å². The van der Waals surface area contributed by atoms with Crippen LogP contribution in [0.3, 0.4) is 0 Å². The summed E-state index contributed by atoms with van der Waals surface area (Å²) in [7, 11) is 0. The molecule has 0 bridgehead atoms. The van der Waals surface area contributed by atoms with E-state index in [4.69, 9.17) is 0 Å². The van der Waals surface area contributed by atoms with E-state index in [1.807, 2.05) is 13.0 Å². The molecule has 0 heteroatoms. The Morgan fingerprint density at radius 1 is 1.50 bits per heavy atom. The first-order valence-electron chi connectivity index (χ1n) is 4.53. The van der Waals surface area contributed by atoms with Crippen molar-refractivity contribution in [3.05, 3.63) is 41.7 Å². The first kappa shape index (κ1) is 9.09. The van der Waals surface area contributed by atoms with Crippen molar-refractivity contribution in [1.29, 1.82) is 0 Å². The standard InChI is InChI=1S/C12H16/c1-3-7-12-9-6-4-5-8-11(2)10-12/h3-5H,2,6,8-10H2,1H3/b5-4-. The topological polar surface area (TPSA) is 0 Å². The van der Waals surface area contributed by atoms with Crippen LogP contribution >= 0.6 is 0 Å². The van der Waals surface area contributed by atoms with Crippen molar-refractivity contribution in [1.82, 2.24) is 0 Å². The lowest BCUT2D eigenvalue weighted by molar-refractivity contribution is 0.886. The van der Waals surface area contributed by atoms with Crippen LogP contribution in [0.1, 0.15) is 32.6 Å². The molecule has 12 heavy (non-hydrogen) atoms. The molecule has 1 rings (SSSR count). The average molecular weight is 160 g/mol. The molecule has 0 saturated heterocycles. The maximum Gasteiger partial charge on any atom is -0.00318 e. The highest BCUT2D eigenvalue weighted by atomic mass is 14.1. The van der Waals surface area contributed by atoms with E-state index in [1.54, 1.807) is 0 Å². The lowest BCUT2D eigenvalue weighted by atomic mass is 9.98. The lowest BCUT2D eigenvalue weighted by Crippen LogP contribution is -1.89. The molecule has 0 amide bonds. The van der Waals surface area contributed by atoms with Crippen LogP contribution in [0, 0.1) is 0 Å². The third-order valence-corrected chi connectivity index (χ3v) is 2.00. The van der Waals surface area contributed by atoms with Gasteiger partial charge in [-0.05, 0) is 44.3 Å². The molecule has 0 atom stereocenters. The molecule has 0 spiro atoms. The highest BCUT2D eigenvalue weighted by molar-refractivity contribution is 5.17. The summed E-state index contributed by atoms with van der Waals surface area (Å²) >= 11 is 0. The molecule has 0 unspecified atom stereocenters. The van der Waals surface area contributed by atoms with Gasteiger partial charge in [-0.25, -0.2) is 0 Å². The largest absolute Gasteiger partial charge is 0.126 e. The van der Waals surface area contributed by atoms with Crippen molar-refractivity contribution < 1.29 is 0 Å². The molecule has 0 aliphatic heterocycles. The molecule has 0 fully saturated rings.